The summed E-state index contributed by atoms with van der Waals surface area (Å²) in [5.41, 5.74) is 1.23. The topological polar surface area (TPSA) is 102 Å². The number of nitrogens with one attached hydrogen (secondary N) is 1. The van der Waals surface area contributed by atoms with Gasteiger partial charge in [0.2, 0.25) is 11.8 Å². The van der Waals surface area contributed by atoms with E-state index < -0.39 is 36.4 Å². The van der Waals surface area contributed by atoms with Gasteiger partial charge in [0.25, 0.3) is 5.91 Å². The third kappa shape index (κ3) is 5.42. The normalized spacial score (nSPS) is 19.7. The summed E-state index contributed by atoms with van der Waals surface area (Å²) in [5, 5.41) is 2.67. The number of fused-ring (bicyclic) bond motifs is 1. The van der Waals surface area contributed by atoms with Crippen molar-refractivity contribution in [2.45, 2.75) is 32.2 Å². The zero-order valence-corrected chi connectivity index (χ0v) is 19.5. The van der Waals surface area contributed by atoms with Crippen molar-refractivity contribution in [3.63, 3.8) is 0 Å². The molecule has 0 spiro atoms. The van der Waals surface area contributed by atoms with Gasteiger partial charge in [-0.3, -0.25) is 19.3 Å². The number of nitrogens with zero attached hydrogens (tertiary/aromatic N) is 1. The minimum absolute atomic E-state index is 0.110. The van der Waals surface area contributed by atoms with Gasteiger partial charge in [0.15, 0.2) is 6.61 Å². The van der Waals surface area contributed by atoms with E-state index >= 15 is 0 Å². The molecule has 1 aliphatic carbocycles. The van der Waals surface area contributed by atoms with Crippen LogP contribution in [0.2, 0.25) is 0 Å². The van der Waals surface area contributed by atoms with E-state index in [9.17, 15) is 19.2 Å². The van der Waals surface area contributed by atoms with Crippen molar-refractivity contribution in [3.05, 3.63) is 72.3 Å². The maximum absolute atomic E-state index is 13.2. The van der Waals surface area contributed by atoms with Gasteiger partial charge in [-0.2, -0.15) is 0 Å². The number of hydrogen-bond donors (Lipinski definition) is 1. The Balaban J connectivity index is 1.47. The zero-order valence-electron chi connectivity index (χ0n) is 19.5. The summed E-state index contributed by atoms with van der Waals surface area (Å²) in [4.78, 5) is 53.0. The Morgan fingerprint density at radius 3 is 2.26 bits per heavy atom. The highest BCUT2D eigenvalue weighted by Crippen LogP contribution is 2.36. The molecular weight excluding hydrogens is 448 g/mol. The molecule has 3 amide bonds. The molecule has 1 fully saturated rings. The minimum atomic E-state index is -1.15. The molecule has 0 aromatic heterocycles. The molecule has 2 aromatic carbocycles. The van der Waals surface area contributed by atoms with Gasteiger partial charge >= 0.3 is 5.97 Å². The summed E-state index contributed by atoms with van der Waals surface area (Å²) in [6.07, 6.45) is 4.84. The number of likely N-dealkylation sites (tertiary alicyclic amines) is 1. The van der Waals surface area contributed by atoms with E-state index in [1.165, 1.54) is 0 Å². The third-order valence-corrected chi connectivity index (χ3v) is 6.20. The van der Waals surface area contributed by atoms with Crippen LogP contribution in [0.5, 0.6) is 5.75 Å². The summed E-state index contributed by atoms with van der Waals surface area (Å²) in [5.74, 6) is -2.50. The van der Waals surface area contributed by atoms with Gasteiger partial charge in [0.05, 0.1) is 24.1 Å². The number of amides is 3. The Labute approximate surface area is 203 Å². The second kappa shape index (κ2) is 11.0. The molecule has 0 saturated carbocycles. The number of anilines is 1. The fourth-order valence-corrected chi connectivity index (χ4v) is 4.52. The van der Waals surface area contributed by atoms with Crippen molar-refractivity contribution in [1.82, 2.24) is 4.90 Å². The molecule has 1 N–H and O–H groups in total. The van der Waals surface area contributed by atoms with Crippen molar-refractivity contribution in [3.8, 4) is 5.75 Å². The van der Waals surface area contributed by atoms with Gasteiger partial charge in [-0.25, -0.2) is 4.79 Å². The van der Waals surface area contributed by atoms with Gasteiger partial charge in [-0.1, -0.05) is 54.6 Å². The SMILES string of the molecule is CCOc1ccccc1NC(=O)COC(=O)[C@H](Cc1ccccc1)N1C(=O)[C@@H]2CC=CC[C@H]2C1=O. The van der Waals surface area contributed by atoms with E-state index in [1.54, 1.807) is 24.3 Å². The third-order valence-electron chi connectivity index (χ3n) is 6.20. The number of carbonyl (C=O) groups excluding carboxylic acids is 4. The van der Waals surface area contributed by atoms with E-state index in [2.05, 4.69) is 5.32 Å². The van der Waals surface area contributed by atoms with Crippen LogP contribution in [0, 0.1) is 11.8 Å². The van der Waals surface area contributed by atoms with E-state index in [0.29, 0.717) is 30.9 Å². The number of allylic oxidation sites excluding steroid dienone is 2. The van der Waals surface area contributed by atoms with Crippen LogP contribution in [0.1, 0.15) is 25.3 Å². The largest absolute Gasteiger partial charge is 0.492 e. The lowest BCUT2D eigenvalue weighted by atomic mass is 9.85. The first-order chi connectivity index (χ1) is 17.0. The van der Waals surface area contributed by atoms with Gasteiger partial charge < -0.3 is 14.8 Å². The maximum atomic E-state index is 13.2. The Hall–Kier alpha value is -3.94. The predicted molar refractivity (Wildman–Crippen MR) is 128 cm³/mol. The van der Waals surface area contributed by atoms with Gasteiger partial charge in [0, 0.05) is 6.42 Å². The second-order valence-corrected chi connectivity index (χ2v) is 8.49. The average Bonchev–Trinajstić information content (AvgIpc) is 3.13. The maximum Gasteiger partial charge on any atom is 0.330 e. The number of rotatable bonds is 9. The van der Waals surface area contributed by atoms with E-state index in [1.807, 2.05) is 49.4 Å². The molecule has 2 aromatic rings. The van der Waals surface area contributed by atoms with Crippen molar-refractivity contribution in [2.75, 3.05) is 18.5 Å². The van der Waals surface area contributed by atoms with Crippen LogP contribution in [-0.2, 0) is 30.3 Å². The van der Waals surface area contributed by atoms with Crippen molar-refractivity contribution in [2.24, 2.45) is 11.8 Å². The Bertz CT molecular complexity index is 1100. The first-order valence-corrected chi connectivity index (χ1v) is 11.7. The number of ether oxygens (including phenoxy) is 2. The lowest BCUT2D eigenvalue weighted by Gasteiger charge is -2.25. The number of hydrogen-bond acceptors (Lipinski definition) is 6. The Morgan fingerprint density at radius 1 is 0.971 bits per heavy atom. The fraction of sp³-hybridized carbons (Fsp3) is 0.333. The molecule has 8 heteroatoms. The Kier molecular flexibility index (Phi) is 7.60. The quantitative estimate of drug-likeness (QED) is 0.339. The zero-order chi connectivity index (χ0) is 24.8. The number of carbonyl (C=O) groups is 4. The highest BCUT2D eigenvalue weighted by Gasteiger charge is 2.51. The predicted octanol–water partition coefficient (Wildman–Crippen LogP) is 3.13. The van der Waals surface area contributed by atoms with Crippen molar-refractivity contribution < 1.29 is 28.7 Å². The average molecular weight is 477 g/mol. The molecule has 3 atom stereocenters. The molecule has 0 radical (unpaired) electrons. The van der Waals surface area contributed by atoms with Crippen LogP contribution < -0.4 is 10.1 Å². The molecule has 35 heavy (non-hydrogen) atoms. The monoisotopic (exact) mass is 476 g/mol. The summed E-state index contributed by atoms with van der Waals surface area (Å²) < 4.78 is 10.8. The second-order valence-electron chi connectivity index (χ2n) is 8.49. The highest BCUT2D eigenvalue weighted by molar-refractivity contribution is 6.08. The molecule has 0 bridgehead atoms. The first kappa shape index (κ1) is 24.2. The number of esters is 1. The van der Waals surface area contributed by atoms with Crippen molar-refractivity contribution in [1.29, 1.82) is 0 Å². The molecule has 0 unspecified atom stereocenters. The molecule has 4 rings (SSSR count). The molecule has 1 aliphatic heterocycles. The van der Waals surface area contributed by atoms with Crippen LogP contribution >= 0.6 is 0 Å². The van der Waals surface area contributed by atoms with Crippen LogP contribution in [0.3, 0.4) is 0 Å². The standard InChI is InChI=1S/C27H28N2O6/c1-2-34-23-15-9-8-14-21(23)28-24(30)17-35-27(33)22(16-18-10-4-3-5-11-18)29-25(31)19-12-6-7-13-20(19)26(29)32/h3-11,14-15,19-20,22H,2,12-13,16-17H2,1H3,(H,28,30)/t19-,20-,22+/m1/s1. The summed E-state index contributed by atoms with van der Waals surface area (Å²) in [7, 11) is 0. The van der Waals surface area contributed by atoms with E-state index in [-0.39, 0.29) is 18.2 Å². The van der Waals surface area contributed by atoms with Gasteiger partial charge in [0.1, 0.15) is 11.8 Å². The molecule has 8 nitrogen and oxygen atoms in total. The molecule has 1 saturated heterocycles. The van der Waals surface area contributed by atoms with E-state index in [0.717, 1.165) is 10.5 Å². The number of benzene rings is 2. The van der Waals surface area contributed by atoms with E-state index in [4.69, 9.17) is 9.47 Å². The molecule has 1 heterocycles. The minimum Gasteiger partial charge on any atom is -0.492 e. The summed E-state index contributed by atoms with van der Waals surface area (Å²) in [6, 6.07) is 14.9. The molecule has 182 valence electrons. The van der Waals surface area contributed by atoms with Crippen LogP contribution in [0.4, 0.5) is 5.69 Å². The lowest BCUT2D eigenvalue weighted by Crippen LogP contribution is -2.48. The van der Waals surface area contributed by atoms with Crippen LogP contribution in [0.25, 0.3) is 0 Å². The number of imide groups is 1. The van der Waals surface area contributed by atoms with Gasteiger partial charge in [-0.05, 0) is 37.5 Å². The molecular formula is C27H28N2O6. The first-order valence-electron chi connectivity index (χ1n) is 11.7. The lowest BCUT2D eigenvalue weighted by molar-refractivity contribution is -0.160. The summed E-state index contributed by atoms with van der Waals surface area (Å²) in [6.45, 7) is 1.70. The summed E-state index contributed by atoms with van der Waals surface area (Å²) >= 11 is 0. The smallest absolute Gasteiger partial charge is 0.330 e. The molecule has 2 aliphatic rings. The number of para-hydroxylation sites is 2. The van der Waals surface area contributed by atoms with Crippen LogP contribution in [-0.4, -0.2) is 47.8 Å². The van der Waals surface area contributed by atoms with Crippen molar-refractivity contribution >= 4 is 29.4 Å². The van der Waals surface area contributed by atoms with Crippen LogP contribution in [0.15, 0.2) is 66.7 Å². The van der Waals surface area contributed by atoms with Gasteiger partial charge in [-0.15, -0.1) is 0 Å². The fourth-order valence-electron chi connectivity index (χ4n) is 4.52. The highest BCUT2D eigenvalue weighted by atomic mass is 16.5. The Morgan fingerprint density at radius 2 is 1.60 bits per heavy atom.